The fourth-order valence-electron chi connectivity index (χ4n) is 2.06. The Morgan fingerprint density at radius 1 is 0.950 bits per heavy atom. The second kappa shape index (κ2) is 6.08. The molecule has 0 saturated carbocycles. The quantitative estimate of drug-likeness (QED) is 0.582. The van der Waals surface area contributed by atoms with Gasteiger partial charge in [0, 0.05) is 11.5 Å². The maximum absolute atomic E-state index is 11.0. The Morgan fingerprint density at radius 2 is 1.55 bits per heavy atom. The molecule has 2 aromatic carbocycles. The molecule has 0 N–H and O–H groups in total. The second-order valence-corrected chi connectivity index (χ2v) is 4.70. The lowest BCUT2D eigenvalue weighted by molar-refractivity contribution is -0.133. The summed E-state index contributed by atoms with van der Waals surface area (Å²) < 4.78 is 4.48. The lowest BCUT2D eigenvalue weighted by atomic mass is 10.00. The van der Waals surface area contributed by atoms with Crippen molar-refractivity contribution in [3.8, 4) is 23.0 Å². The van der Waals surface area contributed by atoms with Crippen LogP contribution < -0.4 is 0 Å². The van der Waals surface area contributed by atoms with Crippen molar-refractivity contribution in [3.63, 3.8) is 0 Å². The molecule has 20 heavy (non-hydrogen) atoms. The Labute approximate surface area is 119 Å². The molecular weight excluding hydrogens is 248 g/mol. The normalized spacial score (nSPS) is 9.55. The summed E-state index contributed by atoms with van der Waals surface area (Å²) in [5.41, 5.74) is 5.61. The van der Waals surface area contributed by atoms with E-state index in [2.05, 4.69) is 48.6 Å². The Kier molecular flexibility index (Phi) is 4.22. The van der Waals surface area contributed by atoms with Gasteiger partial charge in [-0.1, -0.05) is 47.4 Å². The average Bonchev–Trinajstić information content (AvgIpc) is 2.44. The lowest BCUT2D eigenvalue weighted by Crippen LogP contribution is -1.94. The van der Waals surface area contributed by atoms with Gasteiger partial charge in [0.05, 0.1) is 7.11 Å². The molecule has 100 valence electrons. The number of carbonyl (C=O) groups is 1. The van der Waals surface area contributed by atoms with Crippen molar-refractivity contribution in [1.82, 2.24) is 0 Å². The zero-order chi connectivity index (χ0) is 14.5. The molecule has 0 aliphatic rings. The van der Waals surface area contributed by atoms with Crippen LogP contribution in [0.5, 0.6) is 0 Å². The molecule has 0 saturated heterocycles. The number of aryl methyl sites for hydroxylation is 2. The lowest BCUT2D eigenvalue weighted by Gasteiger charge is -2.05. The van der Waals surface area contributed by atoms with Gasteiger partial charge in [-0.2, -0.15) is 0 Å². The summed E-state index contributed by atoms with van der Waals surface area (Å²) in [6.07, 6.45) is 0. The minimum Gasteiger partial charge on any atom is -0.459 e. The Morgan fingerprint density at radius 3 is 2.10 bits per heavy atom. The van der Waals surface area contributed by atoms with Crippen LogP contribution in [0.15, 0.2) is 42.5 Å². The molecule has 0 aliphatic heterocycles. The Hall–Kier alpha value is -2.53. The van der Waals surface area contributed by atoms with Gasteiger partial charge in [0.1, 0.15) is 0 Å². The summed E-state index contributed by atoms with van der Waals surface area (Å²) in [6.45, 7) is 4.18. The van der Waals surface area contributed by atoms with E-state index in [1.54, 1.807) is 0 Å². The van der Waals surface area contributed by atoms with Crippen molar-refractivity contribution in [2.45, 2.75) is 13.8 Å². The van der Waals surface area contributed by atoms with E-state index in [1.807, 2.05) is 24.3 Å². The summed E-state index contributed by atoms with van der Waals surface area (Å²) in [6, 6.07) is 14.3. The third-order valence-electron chi connectivity index (χ3n) is 2.93. The van der Waals surface area contributed by atoms with Crippen molar-refractivity contribution >= 4 is 5.97 Å². The van der Waals surface area contributed by atoms with Crippen LogP contribution in [0.3, 0.4) is 0 Å². The van der Waals surface area contributed by atoms with Gasteiger partial charge in [0.15, 0.2) is 0 Å². The number of ether oxygens (including phenoxy) is 1. The van der Waals surface area contributed by atoms with Gasteiger partial charge in [0.25, 0.3) is 0 Å². The first-order valence-corrected chi connectivity index (χ1v) is 6.37. The first-order valence-electron chi connectivity index (χ1n) is 6.37. The molecule has 0 bridgehead atoms. The highest BCUT2D eigenvalue weighted by atomic mass is 16.5. The van der Waals surface area contributed by atoms with E-state index in [0.717, 1.165) is 11.1 Å². The first kappa shape index (κ1) is 13.9. The molecule has 2 heteroatoms. The van der Waals surface area contributed by atoms with Gasteiger partial charge in [-0.3, -0.25) is 0 Å². The molecule has 2 nitrogen and oxygen atoms in total. The number of methoxy groups -OCH3 is 1. The van der Waals surface area contributed by atoms with Gasteiger partial charge < -0.3 is 4.74 Å². The molecule has 0 spiro atoms. The smallest absolute Gasteiger partial charge is 0.384 e. The zero-order valence-electron chi connectivity index (χ0n) is 11.9. The molecule has 2 rings (SSSR count). The van der Waals surface area contributed by atoms with Crippen molar-refractivity contribution in [2.24, 2.45) is 0 Å². The van der Waals surface area contributed by atoms with Crippen molar-refractivity contribution in [2.75, 3.05) is 7.11 Å². The summed E-state index contributed by atoms with van der Waals surface area (Å²) in [7, 11) is 1.32. The van der Waals surface area contributed by atoms with E-state index >= 15 is 0 Å². The van der Waals surface area contributed by atoms with Crippen molar-refractivity contribution in [1.29, 1.82) is 0 Å². The fourth-order valence-corrected chi connectivity index (χ4v) is 2.06. The largest absolute Gasteiger partial charge is 0.459 e. The Balaban J connectivity index is 2.27. The molecule has 0 amide bonds. The van der Waals surface area contributed by atoms with E-state index in [-0.39, 0.29) is 0 Å². The highest BCUT2D eigenvalue weighted by Crippen LogP contribution is 2.22. The first-order chi connectivity index (χ1) is 9.58. The highest BCUT2D eigenvalue weighted by Gasteiger charge is 2.00. The molecular formula is C18H16O2. The van der Waals surface area contributed by atoms with Crippen molar-refractivity contribution in [3.05, 3.63) is 59.2 Å². The van der Waals surface area contributed by atoms with Crippen LogP contribution in [0.2, 0.25) is 0 Å². The zero-order valence-corrected chi connectivity index (χ0v) is 11.9. The van der Waals surface area contributed by atoms with Gasteiger partial charge in [0.2, 0.25) is 0 Å². The molecule has 0 aromatic heterocycles. The third-order valence-corrected chi connectivity index (χ3v) is 2.93. The monoisotopic (exact) mass is 264 g/mol. The van der Waals surface area contributed by atoms with Gasteiger partial charge >= 0.3 is 5.97 Å². The Bertz CT molecular complexity index is 665. The van der Waals surface area contributed by atoms with Gasteiger partial charge in [-0.05, 0) is 37.1 Å². The minimum absolute atomic E-state index is 0.525. The van der Waals surface area contributed by atoms with Crippen LogP contribution in [0.4, 0.5) is 0 Å². The van der Waals surface area contributed by atoms with Crippen LogP contribution in [0.1, 0.15) is 16.7 Å². The molecule has 0 aliphatic carbocycles. The average molecular weight is 264 g/mol. The summed E-state index contributed by atoms with van der Waals surface area (Å²) in [4.78, 5) is 11.0. The fraction of sp³-hybridized carbons (Fsp3) is 0.167. The van der Waals surface area contributed by atoms with Crippen LogP contribution in [-0.4, -0.2) is 13.1 Å². The molecule has 0 unspecified atom stereocenters. The standard InChI is InChI=1S/C18H16O2/c1-13-10-14(2)12-17(11-13)16-7-4-15(5-8-16)6-9-18(19)20-3/h4-5,7-8,10-12H,1-3H3. The third kappa shape index (κ3) is 3.49. The number of hydrogen-bond acceptors (Lipinski definition) is 2. The maximum Gasteiger partial charge on any atom is 0.384 e. The SMILES string of the molecule is COC(=O)C#Cc1ccc(-c2cc(C)cc(C)c2)cc1. The van der Waals surface area contributed by atoms with E-state index in [0.29, 0.717) is 0 Å². The number of esters is 1. The maximum atomic E-state index is 11.0. The molecule has 0 heterocycles. The van der Waals surface area contributed by atoms with E-state index in [9.17, 15) is 4.79 Å². The minimum atomic E-state index is -0.525. The van der Waals surface area contributed by atoms with Crippen LogP contribution in [-0.2, 0) is 9.53 Å². The van der Waals surface area contributed by atoms with Crippen LogP contribution in [0.25, 0.3) is 11.1 Å². The predicted octanol–water partition coefficient (Wildman–Crippen LogP) is 3.49. The van der Waals surface area contributed by atoms with Crippen LogP contribution in [0, 0.1) is 25.7 Å². The van der Waals surface area contributed by atoms with E-state index in [4.69, 9.17) is 0 Å². The molecule has 0 radical (unpaired) electrons. The molecule has 0 fully saturated rings. The number of benzene rings is 2. The summed E-state index contributed by atoms with van der Waals surface area (Å²) >= 11 is 0. The summed E-state index contributed by atoms with van der Waals surface area (Å²) in [5.74, 6) is 4.66. The summed E-state index contributed by atoms with van der Waals surface area (Å²) in [5, 5.41) is 0. The van der Waals surface area contributed by atoms with Gasteiger partial charge in [-0.25, -0.2) is 4.79 Å². The number of carbonyl (C=O) groups excluding carboxylic acids is 1. The van der Waals surface area contributed by atoms with Crippen molar-refractivity contribution < 1.29 is 9.53 Å². The molecule has 2 aromatic rings. The number of hydrogen-bond donors (Lipinski definition) is 0. The van der Waals surface area contributed by atoms with E-state index < -0.39 is 5.97 Å². The second-order valence-electron chi connectivity index (χ2n) is 4.70. The van der Waals surface area contributed by atoms with E-state index in [1.165, 1.54) is 23.8 Å². The van der Waals surface area contributed by atoms with Crippen LogP contribution >= 0.6 is 0 Å². The highest BCUT2D eigenvalue weighted by molar-refractivity contribution is 5.89. The topological polar surface area (TPSA) is 26.3 Å². The molecule has 0 atom stereocenters. The predicted molar refractivity (Wildman–Crippen MR) is 80.2 cm³/mol. The number of rotatable bonds is 1. The van der Waals surface area contributed by atoms with Gasteiger partial charge in [-0.15, -0.1) is 0 Å².